The van der Waals surface area contributed by atoms with Gasteiger partial charge in [0.15, 0.2) is 0 Å². The second-order valence-electron chi connectivity index (χ2n) is 5.36. The minimum absolute atomic E-state index is 0.145. The standard InChI is InChI=1S/C16H21NO4/c1-3-21-14-7-6-11(2)9-13(14)15(18)17-8-4-5-12(10-17)16(19)20/h6-7,9,12H,3-5,8,10H2,1-2H3,(H,19,20). The van der Waals surface area contributed by atoms with Crippen molar-refractivity contribution in [2.75, 3.05) is 19.7 Å². The third kappa shape index (κ3) is 3.54. The van der Waals surface area contributed by atoms with Crippen molar-refractivity contribution in [3.8, 4) is 5.75 Å². The Kier molecular flexibility index (Phi) is 4.83. The number of rotatable bonds is 4. The number of hydrogen-bond acceptors (Lipinski definition) is 3. The Morgan fingerprint density at radius 2 is 2.19 bits per heavy atom. The molecule has 1 amide bonds. The summed E-state index contributed by atoms with van der Waals surface area (Å²) in [5.41, 5.74) is 1.50. The van der Waals surface area contributed by atoms with E-state index in [-0.39, 0.29) is 12.5 Å². The van der Waals surface area contributed by atoms with Crippen LogP contribution in [0.1, 0.15) is 35.7 Å². The highest BCUT2D eigenvalue weighted by molar-refractivity contribution is 5.97. The van der Waals surface area contributed by atoms with Crippen molar-refractivity contribution in [3.05, 3.63) is 29.3 Å². The molecular weight excluding hydrogens is 270 g/mol. The zero-order valence-electron chi connectivity index (χ0n) is 12.5. The van der Waals surface area contributed by atoms with Crippen LogP contribution < -0.4 is 4.74 Å². The fraction of sp³-hybridized carbons (Fsp3) is 0.500. The van der Waals surface area contributed by atoms with Gasteiger partial charge in [-0.15, -0.1) is 0 Å². The first kappa shape index (κ1) is 15.4. The quantitative estimate of drug-likeness (QED) is 0.924. The van der Waals surface area contributed by atoms with E-state index in [9.17, 15) is 9.59 Å². The summed E-state index contributed by atoms with van der Waals surface area (Å²) in [6.07, 6.45) is 1.35. The summed E-state index contributed by atoms with van der Waals surface area (Å²) in [6, 6.07) is 5.50. The molecule has 21 heavy (non-hydrogen) atoms. The summed E-state index contributed by atoms with van der Waals surface area (Å²) in [4.78, 5) is 25.4. The number of carbonyl (C=O) groups excluding carboxylic acids is 1. The van der Waals surface area contributed by atoms with Crippen molar-refractivity contribution in [3.63, 3.8) is 0 Å². The van der Waals surface area contributed by atoms with Crippen LogP contribution in [0.5, 0.6) is 5.75 Å². The minimum Gasteiger partial charge on any atom is -0.493 e. The van der Waals surface area contributed by atoms with E-state index in [1.54, 1.807) is 17.0 Å². The highest BCUT2D eigenvalue weighted by atomic mass is 16.5. The van der Waals surface area contributed by atoms with E-state index in [4.69, 9.17) is 9.84 Å². The second-order valence-corrected chi connectivity index (χ2v) is 5.36. The summed E-state index contributed by atoms with van der Waals surface area (Å²) >= 11 is 0. The molecule has 1 unspecified atom stereocenters. The van der Waals surface area contributed by atoms with Crippen LogP contribution in [0.25, 0.3) is 0 Å². The summed E-state index contributed by atoms with van der Waals surface area (Å²) in [6.45, 7) is 5.15. The molecule has 2 rings (SSSR count). The van der Waals surface area contributed by atoms with Crippen LogP contribution in [0, 0.1) is 12.8 Å². The molecule has 1 atom stereocenters. The molecule has 1 aliphatic heterocycles. The van der Waals surface area contributed by atoms with Crippen LogP contribution in [0.15, 0.2) is 18.2 Å². The van der Waals surface area contributed by atoms with Gasteiger partial charge in [-0.1, -0.05) is 11.6 Å². The number of nitrogens with zero attached hydrogens (tertiary/aromatic N) is 1. The van der Waals surface area contributed by atoms with Gasteiger partial charge in [-0.25, -0.2) is 0 Å². The number of aryl methyl sites for hydroxylation is 1. The maximum atomic E-state index is 12.7. The molecule has 1 heterocycles. The largest absolute Gasteiger partial charge is 0.493 e. The Morgan fingerprint density at radius 3 is 2.86 bits per heavy atom. The SMILES string of the molecule is CCOc1ccc(C)cc1C(=O)N1CCCC(C(=O)O)C1. The van der Waals surface area contributed by atoms with Gasteiger partial charge in [0.2, 0.25) is 0 Å². The molecule has 0 radical (unpaired) electrons. The molecular formula is C16H21NO4. The van der Waals surface area contributed by atoms with Crippen molar-refractivity contribution in [1.82, 2.24) is 4.90 Å². The van der Waals surface area contributed by atoms with E-state index < -0.39 is 11.9 Å². The molecule has 5 heteroatoms. The highest BCUT2D eigenvalue weighted by Crippen LogP contribution is 2.25. The van der Waals surface area contributed by atoms with Crippen molar-refractivity contribution in [2.24, 2.45) is 5.92 Å². The van der Waals surface area contributed by atoms with Crippen molar-refractivity contribution in [2.45, 2.75) is 26.7 Å². The lowest BCUT2D eigenvalue weighted by Crippen LogP contribution is -2.42. The van der Waals surface area contributed by atoms with Crippen LogP contribution in [-0.4, -0.2) is 41.6 Å². The molecule has 1 aromatic rings. The van der Waals surface area contributed by atoms with E-state index in [0.717, 1.165) is 12.0 Å². The highest BCUT2D eigenvalue weighted by Gasteiger charge is 2.29. The molecule has 1 aromatic carbocycles. The normalized spacial score (nSPS) is 18.4. The number of hydrogen-bond donors (Lipinski definition) is 1. The maximum Gasteiger partial charge on any atom is 0.308 e. The van der Waals surface area contributed by atoms with Gasteiger partial charge in [-0.3, -0.25) is 9.59 Å². The number of benzene rings is 1. The lowest BCUT2D eigenvalue weighted by Gasteiger charge is -2.31. The molecule has 0 spiro atoms. The number of likely N-dealkylation sites (tertiary alicyclic amines) is 1. The van der Waals surface area contributed by atoms with Crippen molar-refractivity contribution < 1.29 is 19.4 Å². The van der Waals surface area contributed by atoms with Crippen molar-refractivity contribution >= 4 is 11.9 Å². The Bertz CT molecular complexity index is 541. The number of carboxylic acids is 1. The first-order valence-electron chi connectivity index (χ1n) is 7.28. The Hall–Kier alpha value is -2.04. The first-order valence-corrected chi connectivity index (χ1v) is 7.28. The number of ether oxygens (including phenoxy) is 1. The van der Waals surface area contributed by atoms with E-state index in [1.165, 1.54) is 0 Å². The molecule has 0 aromatic heterocycles. The minimum atomic E-state index is -0.832. The average Bonchev–Trinajstić information content (AvgIpc) is 2.48. The summed E-state index contributed by atoms with van der Waals surface area (Å²) in [5, 5.41) is 9.13. The van der Waals surface area contributed by atoms with E-state index in [1.807, 2.05) is 19.9 Å². The van der Waals surface area contributed by atoms with Crippen LogP contribution in [-0.2, 0) is 4.79 Å². The maximum absolute atomic E-state index is 12.7. The molecule has 1 aliphatic rings. The zero-order chi connectivity index (χ0) is 15.4. The second kappa shape index (κ2) is 6.61. The zero-order valence-corrected chi connectivity index (χ0v) is 12.5. The average molecular weight is 291 g/mol. The lowest BCUT2D eigenvalue weighted by molar-refractivity contribution is -0.143. The summed E-state index contributed by atoms with van der Waals surface area (Å²) < 4.78 is 5.51. The van der Waals surface area contributed by atoms with Gasteiger partial charge in [-0.05, 0) is 38.8 Å². The van der Waals surface area contributed by atoms with Crippen LogP contribution in [0.3, 0.4) is 0 Å². The van der Waals surface area contributed by atoms with Gasteiger partial charge < -0.3 is 14.7 Å². The third-order valence-electron chi connectivity index (χ3n) is 3.72. The molecule has 1 N–H and O–H groups in total. The van der Waals surface area contributed by atoms with Crippen LogP contribution in [0.2, 0.25) is 0 Å². The molecule has 1 fully saturated rings. The predicted molar refractivity (Wildman–Crippen MR) is 78.6 cm³/mol. The fourth-order valence-electron chi connectivity index (χ4n) is 2.63. The molecule has 0 saturated carbocycles. The van der Waals surface area contributed by atoms with Gasteiger partial charge in [-0.2, -0.15) is 0 Å². The van der Waals surface area contributed by atoms with E-state index in [2.05, 4.69) is 0 Å². The van der Waals surface area contributed by atoms with Gasteiger partial charge in [0.05, 0.1) is 18.1 Å². The monoisotopic (exact) mass is 291 g/mol. The smallest absolute Gasteiger partial charge is 0.308 e. The topological polar surface area (TPSA) is 66.8 Å². The number of amides is 1. The number of piperidine rings is 1. The van der Waals surface area contributed by atoms with E-state index in [0.29, 0.717) is 30.9 Å². The van der Waals surface area contributed by atoms with Crippen LogP contribution >= 0.6 is 0 Å². The Labute approximate surface area is 124 Å². The molecule has 1 saturated heterocycles. The number of carbonyl (C=O) groups is 2. The Balaban J connectivity index is 2.22. The van der Waals surface area contributed by atoms with Gasteiger partial charge in [0, 0.05) is 13.1 Å². The molecule has 5 nitrogen and oxygen atoms in total. The van der Waals surface area contributed by atoms with Gasteiger partial charge >= 0.3 is 5.97 Å². The molecule has 0 bridgehead atoms. The first-order chi connectivity index (χ1) is 10.0. The van der Waals surface area contributed by atoms with Crippen molar-refractivity contribution in [1.29, 1.82) is 0 Å². The van der Waals surface area contributed by atoms with Gasteiger partial charge in [0.25, 0.3) is 5.91 Å². The van der Waals surface area contributed by atoms with E-state index >= 15 is 0 Å². The predicted octanol–water partition coefficient (Wildman–Crippen LogP) is 2.33. The number of carboxylic acid groups (broad SMARTS) is 1. The van der Waals surface area contributed by atoms with Gasteiger partial charge in [0.1, 0.15) is 5.75 Å². The third-order valence-corrected chi connectivity index (χ3v) is 3.72. The summed E-state index contributed by atoms with van der Waals surface area (Å²) in [5.74, 6) is -0.886. The molecule has 0 aliphatic carbocycles. The molecule has 114 valence electrons. The fourth-order valence-corrected chi connectivity index (χ4v) is 2.63. The summed E-state index contributed by atoms with van der Waals surface area (Å²) in [7, 11) is 0. The Morgan fingerprint density at radius 1 is 1.43 bits per heavy atom. The van der Waals surface area contributed by atoms with Crippen LogP contribution in [0.4, 0.5) is 0 Å². The number of aliphatic carboxylic acids is 1. The lowest BCUT2D eigenvalue weighted by atomic mass is 9.97.